The molecule has 0 saturated heterocycles. The minimum absolute atomic E-state index is 0.0678. The zero-order valence-electron chi connectivity index (χ0n) is 10.3. The maximum absolute atomic E-state index is 13.5. The highest BCUT2D eigenvalue weighted by atomic mass is 32.2. The van der Waals surface area contributed by atoms with Crippen molar-refractivity contribution in [2.75, 3.05) is 6.54 Å². The second-order valence-electron chi connectivity index (χ2n) is 4.76. The second-order valence-corrected chi connectivity index (χ2v) is 5.85. The molecule has 2 aromatic rings. The highest BCUT2D eigenvalue weighted by molar-refractivity contribution is 7.99. The average Bonchev–Trinajstić information content (AvgIpc) is 2.54. The summed E-state index contributed by atoms with van der Waals surface area (Å²) >= 11 is 1.55. The molecule has 3 N–H and O–H groups in total. The monoisotopic (exact) mass is 275 g/mol. The van der Waals surface area contributed by atoms with Gasteiger partial charge in [-0.05, 0) is 29.8 Å². The van der Waals surface area contributed by atoms with Gasteiger partial charge in [0, 0.05) is 28.3 Å². The average molecular weight is 275 g/mol. The molecule has 0 fully saturated rings. The van der Waals surface area contributed by atoms with Crippen molar-refractivity contribution in [1.29, 1.82) is 0 Å². The highest BCUT2D eigenvalue weighted by Gasteiger charge is 2.34. The smallest absolute Gasteiger partial charge is 0.123 e. The Morgan fingerprint density at radius 3 is 2.79 bits per heavy atom. The van der Waals surface area contributed by atoms with Gasteiger partial charge in [-0.15, -0.1) is 0 Å². The van der Waals surface area contributed by atoms with E-state index in [-0.39, 0.29) is 12.4 Å². The predicted molar refractivity (Wildman–Crippen MR) is 73.6 cm³/mol. The van der Waals surface area contributed by atoms with Gasteiger partial charge in [0.15, 0.2) is 0 Å². The van der Waals surface area contributed by atoms with Crippen LogP contribution in [0.2, 0.25) is 0 Å². The number of hydrogen-bond donors (Lipinski definition) is 2. The molecule has 3 rings (SSSR count). The topological polar surface area (TPSA) is 46.2 Å². The Bertz CT molecular complexity index is 631. The van der Waals surface area contributed by atoms with E-state index in [2.05, 4.69) is 0 Å². The van der Waals surface area contributed by atoms with Crippen LogP contribution in [0.4, 0.5) is 4.39 Å². The Labute approximate surface area is 115 Å². The molecule has 19 heavy (non-hydrogen) atoms. The van der Waals surface area contributed by atoms with Gasteiger partial charge in [-0.2, -0.15) is 0 Å². The van der Waals surface area contributed by atoms with Crippen LogP contribution in [0.15, 0.2) is 52.3 Å². The van der Waals surface area contributed by atoms with Crippen molar-refractivity contribution in [3.05, 3.63) is 59.4 Å². The minimum atomic E-state index is -1.21. The van der Waals surface area contributed by atoms with Crippen LogP contribution in [0.25, 0.3) is 0 Å². The Morgan fingerprint density at radius 2 is 2.00 bits per heavy atom. The maximum atomic E-state index is 13.5. The lowest BCUT2D eigenvalue weighted by Gasteiger charge is -2.27. The van der Waals surface area contributed by atoms with Crippen molar-refractivity contribution in [3.63, 3.8) is 0 Å². The van der Waals surface area contributed by atoms with Gasteiger partial charge in [0.2, 0.25) is 0 Å². The van der Waals surface area contributed by atoms with E-state index in [4.69, 9.17) is 5.73 Å². The summed E-state index contributed by atoms with van der Waals surface area (Å²) in [5.74, 6) is -0.350. The summed E-state index contributed by atoms with van der Waals surface area (Å²) in [5, 5.41) is 10.8. The normalized spacial score (nSPS) is 21.4. The molecule has 1 aliphatic rings. The van der Waals surface area contributed by atoms with Crippen LogP contribution in [0.5, 0.6) is 0 Å². The molecule has 0 bridgehead atoms. The quantitative estimate of drug-likeness (QED) is 0.841. The Morgan fingerprint density at radius 1 is 1.21 bits per heavy atom. The van der Waals surface area contributed by atoms with Crippen molar-refractivity contribution in [1.82, 2.24) is 0 Å². The summed E-state index contributed by atoms with van der Waals surface area (Å²) in [7, 11) is 0. The summed E-state index contributed by atoms with van der Waals surface area (Å²) in [6, 6.07) is 12.4. The molecule has 2 nitrogen and oxygen atoms in total. The van der Waals surface area contributed by atoms with Gasteiger partial charge in [0.05, 0.1) is 0 Å². The number of hydrogen-bond acceptors (Lipinski definition) is 3. The molecule has 0 amide bonds. The molecule has 0 spiro atoms. The van der Waals surface area contributed by atoms with Gasteiger partial charge in [0.25, 0.3) is 0 Å². The summed E-state index contributed by atoms with van der Waals surface area (Å²) in [4.78, 5) is 1.94. The minimum Gasteiger partial charge on any atom is -0.383 e. The van der Waals surface area contributed by atoms with Crippen LogP contribution in [0.1, 0.15) is 11.1 Å². The SMILES string of the molecule is NCC1(O)Cc2ccccc2Sc2ccc(F)cc21. The van der Waals surface area contributed by atoms with Crippen molar-refractivity contribution in [3.8, 4) is 0 Å². The van der Waals surface area contributed by atoms with E-state index < -0.39 is 5.60 Å². The van der Waals surface area contributed by atoms with E-state index in [1.807, 2.05) is 24.3 Å². The predicted octanol–water partition coefficient (Wildman–Crippen LogP) is 2.68. The molecular weight excluding hydrogens is 261 g/mol. The van der Waals surface area contributed by atoms with E-state index in [0.717, 1.165) is 15.4 Å². The fraction of sp³-hybridized carbons (Fsp3) is 0.200. The largest absolute Gasteiger partial charge is 0.383 e. The van der Waals surface area contributed by atoms with Gasteiger partial charge < -0.3 is 10.8 Å². The van der Waals surface area contributed by atoms with Gasteiger partial charge in [0.1, 0.15) is 11.4 Å². The van der Waals surface area contributed by atoms with Gasteiger partial charge in [-0.3, -0.25) is 0 Å². The van der Waals surface area contributed by atoms with E-state index in [1.54, 1.807) is 17.8 Å². The van der Waals surface area contributed by atoms with E-state index in [9.17, 15) is 9.50 Å². The third-order valence-corrected chi connectivity index (χ3v) is 4.65. The molecule has 0 aliphatic carbocycles. The van der Waals surface area contributed by atoms with Gasteiger partial charge >= 0.3 is 0 Å². The fourth-order valence-corrected chi connectivity index (χ4v) is 3.56. The first-order chi connectivity index (χ1) is 9.12. The Balaban J connectivity index is 2.22. The fourth-order valence-electron chi connectivity index (χ4n) is 2.42. The van der Waals surface area contributed by atoms with Crippen molar-refractivity contribution >= 4 is 11.8 Å². The lowest BCUT2D eigenvalue weighted by atomic mass is 9.87. The van der Waals surface area contributed by atoms with E-state index in [0.29, 0.717) is 12.0 Å². The van der Waals surface area contributed by atoms with Crippen molar-refractivity contribution in [2.24, 2.45) is 5.73 Å². The third kappa shape index (κ3) is 2.16. The lowest BCUT2D eigenvalue weighted by molar-refractivity contribution is 0.0432. The molecule has 1 aliphatic heterocycles. The van der Waals surface area contributed by atoms with Crippen LogP contribution < -0.4 is 5.73 Å². The summed E-state index contributed by atoms with van der Waals surface area (Å²) in [6.45, 7) is 0.0678. The first-order valence-corrected chi connectivity index (χ1v) is 6.92. The van der Waals surface area contributed by atoms with Crippen LogP contribution in [-0.4, -0.2) is 11.7 Å². The summed E-state index contributed by atoms with van der Waals surface area (Å²) < 4.78 is 13.5. The molecule has 1 unspecified atom stereocenters. The Kier molecular flexibility index (Phi) is 3.09. The van der Waals surface area contributed by atoms with Crippen LogP contribution in [0, 0.1) is 5.82 Å². The lowest BCUT2D eigenvalue weighted by Crippen LogP contribution is -2.37. The standard InChI is InChI=1S/C15H14FNOS/c16-11-5-6-14-12(7-11)15(18,9-17)8-10-3-1-2-4-13(10)19-14/h1-7,18H,8-9,17H2. The molecule has 2 aromatic carbocycles. The first-order valence-electron chi connectivity index (χ1n) is 6.11. The number of halogens is 1. The third-order valence-electron chi connectivity index (χ3n) is 3.46. The van der Waals surface area contributed by atoms with E-state index in [1.165, 1.54) is 12.1 Å². The van der Waals surface area contributed by atoms with Crippen molar-refractivity contribution in [2.45, 2.75) is 21.8 Å². The number of aliphatic hydroxyl groups is 1. The molecule has 0 aromatic heterocycles. The maximum Gasteiger partial charge on any atom is 0.123 e. The molecule has 0 saturated carbocycles. The highest BCUT2D eigenvalue weighted by Crippen LogP contribution is 2.43. The molecule has 4 heteroatoms. The van der Waals surface area contributed by atoms with Crippen molar-refractivity contribution < 1.29 is 9.50 Å². The number of fused-ring (bicyclic) bond motifs is 2. The number of benzene rings is 2. The first kappa shape index (κ1) is 12.7. The second kappa shape index (κ2) is 4.63. The van der Waals surface area contributed by atoms with Crippen LogP contribution in [-0.2, 0) is 12.0 Å². The van der Waals surface area contributed by atoms with Crippen LogP contribution in [0.3, 0.4) is 0 Å². The molecular formula is C15H14FNOS. The van der Waals surface area contributed by atoms with Gasteiger partial charge in [-0.25, -0.2) is 4.39 Å². The van der Waals surface area contributed by atoms with E-state index >= 15 is 0 Å². The molecule has 98 valence electrons. The summed E-state index contributed by atoms with van der Waals surface area (Å²) in [6.07, 6.45) is 0.406. The molecule has 1 heterocycles. The molecule has 0 radical (unpaired) electrons. The Hall–Kier alpha value is -1.36. The molecule has 1 atom stereocenters. The number of rotatable bonds is 1. The van der Waals surface area contributed by atoms with Crippen LogP contribution >= 0.6 is 11.8 Å². The zero-order chi connectivity index (χ0) is 13.5. The zero-order valence-corrected chi connectivity index (χ0v) is 11.1. The van der Waals surface area contributed by atoms with Gasteiger partial charge in [-0.1, -0.05) is 30.0 Å². The number of nitrogens with two attached hydrogens (primary N) is 1. The summed E-state index contributed by atoms with van der Waals surface area (Å²) in [5.41, 5.74) is 6.15.